The standard InChI is InChI=1S/C18H16N2O3/c1-22-16-8-2-13(3-9-16)10-18(21)20-15-6-4-14(5-7-15)17-11-19-12-23-17/h2-9,11-12H,10H2,1H3,(H,20,21). The van der Waals surface area contributed by atoms with Gasteiger partial charge in [-0.15, -0.1) is 0 Å². The average Bonchev–Trinajstić information content (AvgIpc) is 3.11. The normalized spacial score (nSPS) is 10.3. The molecule has 116 valence electrons. The summed E-state index contributed by atoms with van der Waals surface area (Å²) in [6, 6.07) is 14.9. The van der Waals surface area contributed by atoms with Gasteiger partial charge >= 0.3 is 0 Å². The molecule has 0 spiro atoms. The molecule has 3 rings (SSSR count). The zero-order valence-electron chi connectivity index (χ0n) is 12.7. The molecular formula is C18H16N2O3. The van der Waals surface area contributed by atoms with Crippen molar-refractivity contribution in [1.82, 2.24) is 4.98 Å². The maximum atomic E-state index is 12.1. The van der Waals surface area contributed by atoms with Crippen molar-refractivity contribution >= 4 is 11.6 Å². The number of carbonyl (C=O) groups is 1. The van der Waals surface area contributed by atoms with Crippen LogP contribution in [0.3, 0.4) is 0 Å². The molecule has 1 aromatic heterocycles. The molecule has 5 nitrogen and oxygen atoms in total. The van der Waals surface area contributed by atoms with E-state index >= 15 is 0 Å². The Morgan fingerprint density at radius 1 is 1.13 bits per heavy atom. The molecule has 0 aliphatic carbocycles. The predicted octanol–water partition coefficient (Wildman–Crippen LogP) is 3.53. The van der Waals surface area contributed by atoms with Crippen LogP contribution in [0.5, 0.6) is 5.75 Å². The van der Waals surface area contributed by atoms with Crippen LogP contribution in [0.15, 0.2) is 65.5 Å². The lowest BCUT2D eigenvalue weighted by molar-refractivity contribution is -0.115. The maximum Gasteiger partial charge on any atom is 0.228 e. The number of ether oxygens (including phenoxy) is 1. The van der Waals surface area contributed by atoms with Gasteiger partial charge in [0.05, 0.1) is 19.7 Å². The molecule has 0 unspecified atom stereocenters. The molecule has 0 saturated carbocycles. The van der Waals surface area contributed by atoms with Gasteiger partial charge < -0.3 is 14.5 Å². The SMILES string of the molecule is COc1ccc(CC(=O)Nc2ccc(-c3cnco3)cc2)cc1. The average molecular weight is 308 g/mol. The Morgan fingerprint density at radius 3 is 2.48 bits per heavy atom. The van der Waals surface area contributed by atoms with Crippen molar-refractivity contribution in [3.63, 3.8) is 0 Å². The van der Waals surface area contributed by atoms with E-state index in [2.05, 4.69) is 10.3 Å². The first-order valence-electron chi connectivity index (χ1n) is 7.16. The monoisotopic (exact) mass is 308 g/mol. The minimum absolute atomic E-state index is 0.0671. The molecule has 1 N–H and O–H groups in total. The number of anilines is 1. The summed E-state index contributed by atoms with van der Waals surface area (Å²) in [5.41, 5.74) is 2.59. The van der Waals surface area contributed by atoms with Crippen LogP contribution in [-0.2, 0) is 11.2 Å². The molecule has 23 heavy (non-hydrogen) atoms. The van der Waals surface area contributed by atoms with Gasteiger partial charge in [0.25, 0.3) is 0 Å². The van der Waals surface area contributed by atoms with E-state index in [1.165, 1.54) is 6.39 Å². The summed E-state index contributed by atoms with van der Waals surface area (Å²) < 4.78 is 10.3. The first kappa shape index (κ1) is 14.8. The summed E-state index contributed by atoms with van der Waals surface area (Å²) >= 11 is 0. The third-order valence-electron chi connectivity index (χ3n) is 3.41. The van der Waals surface area contributed by atoms with Crippen LogP contribution in [0.1, 0.15) is 5.56 Å². The fourth-order valence-electron chi connectivity index (χ4n) is 2.21. The number of hydrogen-bond donors (Lipinski definition) is 1. The summed E-state index contributed by atoms with van der Waals surface area (Å²) in [6.07, 6.45) is 3.35. The van der Waals surface area contributed by atoms with Crippen LogP contribution in [0.4, 0.5) is 5.69 Å². The van der Waals surface area contributed by atoms with Gasteiger partial charge in [-0.25, -0.2) is 4.98 Å². The van der Waals surface area contributed by atoms with Crippen molar-refractivity contribution in [1.29, 1.82) is 0 Å². The summed E-state index contributed by atoms with van der Waals surface area (Å²) in [7, 11) is 1.62. The first-order valence-corrected chi connectivity index (χ1v) is 7.16. The predicted molar refractivity (Wildman–Crippen MR) is 87.3 cm³/mol. The van der Waals surface area contributed by atoms with Crippen molar-refractivity contribution in [3.8, 4) is 17.1 Å². The molecule has 5 heteroatoms. The Kier molecular flexibility index (Phi) is 4.38. The van der Waals surface area contributed by atoms with Crippen molar-refractivity contribution in [3.05, 3.63) is 66.7 Å². The number of hydrogen-bond acceptors (Lipinski definition) is 4. The number of methoxy groups -OCH3 is 1. The maximum absolute atomic E-state index is 12.1. The molecule has 3 aromatic rings. The van der Waals surface area contributed by atoms with Crippen molar-refractivity contribution < 1.29 is 13.9 Å². The molecule has 0 bridgehead atoms. The highest BCUT2D eigenvalue weighted by atomic mass is 16.5. The molecule has 0 saturated heterocycles. The Bertz CT molecular complexity index is 763. The van der Waals surface area contributed by atoms with Crippen molar-refractivity contribution in [2.45, 2.75) is 6.42 Å². The second kappa shape index (κ2) is 6.79. The molecular weight excluding hydrogens is 292 g/mol. The summed E-state index contributed by atoms with van der Waals surface area (Å²) in [6.45, 7) is 0. The topological polar surface area (TPSA) is 64.4 Å². The van der Waals surface area contributed by atoms with Crippen LogP contribution in [-0.4, -0.2) is 18.0 Å². The second-order valence-corrected chi connectivity index (χ2v) is 5.02. The fraction of sp³-hybridized carbons (Fsp3) is 0.111. The Morgan fingerprint density at radius 2 is 1.87 bits per heavy atom. The number of carbonyl (C=O) groups excluding carboxylic acids is 1. The highest BCUT2D eigenvalue weighted by Crippen LogP contribution is 2.21. The number of amides is 1. The van der Waals surface area contributed by atoms with E-state index < -0.39 is 0 Å². The van der Waals surface area contributed by atoms with Gasteiger partial charge in [-0.2, -0.15) is 0 Å². The largest absolute Gasteiger partial charge is 0.497 e. The van der Waals surface area contributed by atoms with Gasteiger partial charge in [-0.05, 0) is 42.0 Å². The van der Waals surface area contributed by atoms with E-state index in [0.29, 0.717) is 12.2 Å². The Balaban J connectivity index is 1.61. The number of aromatic nitrogens is 1. The quantitative estimate of drug-likeness (QED) is 0.783. The van der Waals surface area contributed by atoms with Gasteiger partial charge in [0, 0.05) is 11.3 Å². The third-order valence-corrected chi connectivity index (χ3v) is 3.41. The number of nitrogens with zero attached hydrogens (tertiary/aromatic N) is 1. The Labute approximate surface area is 133 Å². The van der Waals surface area contributed by atoms with Crippen LogP contribution in [0, 0.1) is 0 Å². The van der Waals surface area contributed by atoms with E-state index in [0.717, 1.165) is 22.6 Å². The Hall–Kier alpha value is -3.08. The van der Waals surface area contributed by atoms with Gasteiger partial charge in [0.1, 0.15) is 5.75 Å². The number of nitrogens with one attached hydrogen (secondary N) is 1. The van der Waals surface area contributed by atoms with E-state index in [9.17, 15) is 4.79 Å². The molecule has 0 aliphatic rings. The van der Waals surface area contributed by atoms with Crippen LogP contribution < -0.4 is 10.1 Å². The van der Waals surface area contributed by atoms with Crippen molar-refractivity contribution in [2.24, 2.45) is 0 Å². The molecule has 0 fully saturated rings. The number of rotatable bonds is 5. The fourth-order valence-corrected chi connectivity index (χ4v) is 2.21. The zero-order valence-corrected chi connectivity index (χ0v) is 12.7. The minimum Gasteiger partial charge on any atom is -0.497 e. The molecule has 0 aliphatic heterocycles. The summed E-state index contributed by atoms with van der Waals surface area (Å²) in [4.78, 5) is 16.0. The molecule has 0 atom stereocenters. The highest BCUT2D eigenvalue weighted by Gasteiger charge is 2.06. The molecule has 0 radical (unpaired) electrons. The first-order chi connectivity index (χ1) is 11.2. The lowest BCUT2D eigenvalue weighted by Crippen LogP contribution is -2.14. The molecule has 2 aromatic carbocycles. The third kappa shape index (κ3) is 3.77. The zero-order chi connectivity index (χ0) is 16.1. The van der Waals surface area contributed by atoms with Gasteiger partial charge in [0.2, 0.25) is 5.91 Å². The van der Waals surface area contributed by atoms with E-state index in [-0.39, 0.29) is 5.91 Å². The van der Waals surface area contributed by atoms with Gasteiger partial charge in [0.15, 0.2) is 12.2 Å². The van der Waals surface area contributed by atoms with Crippen LogP contribution in [0.2, 0.25) is 0 Å². The lowest BCUT2D eigenvalue weighted by atomic mass is 10.1. The summed E-state index contributed by atoms with van der Waals surface area (Å²) in [5.74, 6) is 1.40. The van der Waals surface area contributed by atoms with E-state index in [4.69, 9.17) is 9.15 Å². The number of oxazole rings is 1. The number of benzene rings is 2. The van der Waals surface area contributed by atoms with E-state index in [1.807, 2.05) is 48.5 Å². The smallest absolute Gasteiger partial charge is 0.228 e. The minimum atomic E-state index is -0.0671. The lowest BCUT2D eigenvalue weighted by Gasteiger charge is -2.07. The molecule has 1 amide bonds. The van der Waals surface area contributed by atoms with Gasteiger partial charge in [-0.3, -0.25) is 4.79 Å². The van der Waals surface area contributed by atoms with Crippen molar-refractivity contribution in [2.75, 3.05) is 12.4 Å². The van der Waals surface area contributed by atoms with Gasteiger partial charge in [-0.1, -0.05) is 12.1 Å². The highest BCUT2D eigenvalue weighted by molar-refractivity contribution is 5.92. The van der Waals surface area contributed by atoms with Crippen LogP contribution >= 0.6 is 0 Å². The van der Waals surface area contributed by atoms with Crippen LogP contribution in [0.25, 0.3) is 11.3 Å². The molecule has 1 heterocycles. The summed E-state index contributed by atoms with van der Waals surface area (Å²) in [5, 5.41) is 2.88. The van der Waals surface area contributed by atoms with E-state index in [1.54, 1.807) is 13.3 Å². The second-order valence-electron chi connectivity index (χ2n) is 5.02.